The Bertz CT molecular complexity index is 1500. The van der Waals surface area contributed by atoms with E-state index in [-0.39, 0.29) is 17.0 Å². The minimum atomic E-state index is -0.547. The van der Waals surface area contributed by atoms with Gasteiger partial charge in [0.2, 0.25) is 0 Å². The number of non-ortho nitro benzene ring substituents is 1. The van der Waals surface area contributed by atoms with Crippen molar-refractivity contribution in [2.45, 2.75) is 0 Å². The van der Waals surface area contributed by atoms with Crippen LogP contribution in [0.3, 0.4) is 0 Å². The zero-order valence-corrected chi connectivity index (χ0v) is 19.7. The second-order valence-electron chi connectivity index (χ2n) is 7.83. The fraction of sp³-hybridized carbons (Fsp3) is 0. The Hall–Kier alpha value is -5.64. The van der Waals surface area contributed by atoms with Gasteiger partial charge >= 0.3 is 5.97 Å². The molecular formula is C28H20N4O6. The van der Waals surface area contributed by atoms with Crippen molar-refractivity contribution in [1.82, 2.24) is 5.43 Å². The molecule has 0 fully saturated rings. The molecule has 0 saturated carbocycles. The SMILES string of the molecule is O=C(N/N=C\c1ccccc1OC(=O)c1ccccc1)c1ccc(NC(=O)c2ccc([N+](=O)[O-])cc2)cc1. The summed E-state index contributed by atoms with van der Waals surface area (Å²) < 4.78 is 5.46. The van der Waals surface area contributed by atoms with Gasteiger partial charge in [-0.15, -0.1) is 0 Å². The summed E-state index contributed by atoms with van der Waals surface area (Å²) in [6, 6.07) is 26.6. The van der Waals surface area contributed by atoms with Crippen LogP contribution >= 0.6 is 0 Å². The van der Waals surface area contributed by atoms with Crippen molar-refractivity contribution >= 4 is 35.4 Å². The van der Waals surface area contributed by atoms with Gasteiger partial charge in [0, 0.05) is 34.5 Å². The summed E-state index contributed by atoms with van der Waals surface area (Å²) >= 11 is 0. The summed E-state index contributed by atoms with van der Waals surface area (Å²) in [4.78, 5) is 47.4. The van der Waals surface area contributed by atoms with Crippen molar-refractivity contribution in [2.75, 3.05) is 5.32 Å². The highest BCUT2D eigenvalue weighted by atomic mass is 16.6. The van der Waals surface area contributed by atoms with E-state index in [2.05, 4.69) is 15.8 Å². The predicted octanol–water partition coefficient (Wildman–Crippen LogP) is 4.83. The number of nitro groups is 1. The number of ether oxygens (including phenoxy) is 1. The lowest BCUT2D eigenvalue weighted by molar-refractivity contribution is -0.384. The molecule has 0 saturated heterocycles. The highest BCUT2D eigenvalue weighted by Gasteiger charge is 2.12. The molecule has 4 aromatic rings. The first kappa shape index (κ1) is 25.5. The van der Waals surface area contributed by atoms with E-state index in [1.807, 2.05) is 0 Å². The van der Waals surface area contributed by atoms with E-state index >= 15 is 0 Å². The van der Waals surface area contributed by atoms with E-state index < -0.39 is 22.7 Å². The van der Waals surface area contributed by atoms with Gasteiger partial charge in [-0.1, -0.05) is 30.3 Å². The number of hydrazone groups is 1. The third kappa shape index (κ3) is 6.52. The molecule has 0 unspecified atom stereocenters. The lowest BCUT2D eigenvalue weighted by Gasteiger charge is -2.07. The third-order valence-corrected chi connectivity index (χ3v) is 5.25. The van der Waals surface area contributed by atoms with Crippen LogP contribution in [-0.2, 0) is 0 Å². The van der Waals surface area contributed by atoms with Gasteiger partial charge in [0.1, 0.15) is 5.75 Å². The number of hydrogen-bond acceptors (Lipinski definition) is 7. The van der Waals surface area contributed by atoms with Gasteiger partial charge in [0.05, 0.1) is 16.7 Å². The summed E-state index contributed by atoms with van der Waals surface area (Å²) in [6.07, 6.45) is 1.37. The predicted molar refractivity (Wildman–Crippen MR) is 140 cm³/mol. The maximum Gasteiger partial charge on any atom is 0.343 e. The van der Waals surface area contributed by atoms with Crippen LogP contribution in [0.2, 0.25) is 0 Å². The molecule has 0 aliphatic heterocycles. The minimum absolute atomic E-state index is 0.115. The summed E-state index contributed by atoms with van der Waals surface area (Å²) in [6.45, 7) is 0. The topological polar surface area (TPSA) is 140 Å². The molecule has 0 aliphatic rings. The summed E-state index contributed by atoms with van der Waals surface area (Å²) in [7, 11) is 0. The van der Waals surface area contributed by atoms with E-state index in [1.165, 1.54) is 42.6 Å². The van der Waals surface area contributed by atoms with Crippen molar-refractivity contribution in [3.63, 3.8) is 0 Å². The number of rotatable bonds is 8. The van der Waals surface area contributed by atoms with Gasteiger partial charge < -0.3 is 10.1 Å². The number of hydrogen-bond donors (Lipinski definition) is 2. The van der Waals surface area contributed by atoms with Gasteiger partial charge in [0.15, 0.2) is 0 Å². The Morgan fingerprint density at radius 1 is 0.737 bits per heavy atom. The minimum Gasteiger partial charge on any atom is -0.422 e. The van der Waals surface area contributed by atoms with Crippen LogP contribution in [0, 0.1) is 10.1 Å². The first-order valence-electron chi connectivity index (χ1n) is 11.3. The molecule has 10 nitrogen and oxygen atoms in total. The van der Waals surface area contributed by atoms with E-state index in [9.17, 15) is 24.5 Å². The van der Waals surface area contributed by atoms with Crippen molar-refractivity contribution in [2.24, 2.45) is 5.10 Å². The molecule has 0 heterocycles. The second kappa shape index (κ2) is 11.9. The molecule has 0 radical (unpaired) electrons. The normalized spacial score (nSPS) is 10.5. The number of anilines is 1. The van der Waals surface area contributed by atoms with Crippen LogP contribution in [0.5, 0.6) is 5.75 Å². The van der Waals surface area contributed by atoms with E-state index in [0.717, 1.165) is 0 Å². The Balaban J connectivity index is 1.34. The molecule has 0 atom stereocenters. The Morgan fingerprint density at radius 3 is 2.03 bits per heavy atom. The van der Waals surface area contributed by atoms with Crippen LogP contribution in [-0.4, -0.2) is 28.9 Å². The number of nitrogens with one attached hydrogen (secondary N) is 2. The number of para-hydroxylation sites is 1. The van der Waals surface area contributed by atoms with Crippen LogP contribution < -0.4 is 15.5 Å². The Labute approximate surface area is 216 Å². The van der Waals surface area contributed by atoms with Crippen LogP contribution in [0.25, 0.3) is 0 Å². The first-order chi connectivity index (χ1) is 18.4. The van der Waals surface area contributed by atoms with Gasteiger partial charge in [-0.05, 0) is 60.7 Å². The highest BCUT2D eigenvalue weighted by molar-refractivity contribution is 6.04. The summed E-state index contributed by atoms with van der Waals surface area (Å²) in [5, 5.41) is 17.4. The average Bonchev–Trinajstić information content (AvgIpc) is 2.94. The zero-order valence-electron chi connectivity index (χ0n) is 19.7. The summed E-state index contributed by atoms with van der Waals surface area (Å²) in [5.74, 6) is -1.18. The second-order valence-corrected chi connectivity index (χ2v) is 7.83. The number of benzene rings is 4. The first-order valence-corrected chi connectivity index (χ1v) is 11.3. The zero-order chi connectivity index (χ0) is 26.9. The average molecular weight is 508 g/mol. The Kier molecular flexibility index (Phi) is 7.95. The summed E-state index contributed by atoms with van der Waals surface area (Å²) in [5.41, 5.74) is 4.16. The van der Waals surface area contributed by atoms with Crippen molar-refractivity contribution < 1.29 is 24.0 Å². The molecule has 0 bridgehead atoms. The standard InChI is InChI=1S/C28H20N4O6/c33-26(19-12-16-24(17-13-19)32(36)37)30-23-14-10-20(11-15-23)27(34)31-29-18-22-8-4-5-9-25(22)38-28(35)21-6-2-1-3-7-21/h1-18H,(H,30,33)(H,31,34)/b29-18-. The molecule has 0 aliphatic carbocycles. The molecule has 2 amide bonds. The smallest absolute Gasteiger partial charge is 0.343 e. The van der Waals surface area contributed by atoms with E-state index in [0.29, 0.717) is 22.4 Å². The molecule has 188 valence electrons. The van der Waals surface area contributed by atoms with Gasteiger partial charge in [-0.3, -0.25) is 19.7 Å². The monoisotopic (exact) mass is 508 g/mol. The van der Waals surface area contributed by atoms with Gasteiger partial charge in [-0.2, -0.15) is 5.10 Å². The van der Waals surface area contributed by atoms with E-state index in [4.69, 9.17) is 4.74 Å². The number of nitro benzene ring substituents is 1. The molecule has 10 heteroatoms. The van der Waals surface area contributed by atoms with Gasteiger partial charge in [0.25, 0.3) is 17.5 Å². The number of amides is 2. The molecule has 4 rings (SSSR count). The molecular weight excluding hydrogens is 488 g/mol. The number of carbonyl (C=O) groups is 3. The van der Waals surface area contributed by atoms with Crippen molar-refractivity contribution in [3.8, 4) is 5.75 Å². The fourth-order valence-electron chi connectivity index (χ4n) is 3.28. The third-order valence-electron chi connectivity index (χ3n) is 5.25. The molecule has 4 aromatic carbocycles. The van der Waals surface area contributed by atoms with Crippen LogP contribution in [0.4, 0.5) is 11.4 Å². The maximum absolute atomic E-state index is 12.5. The quantitative estimate of drug-likeness (QED) is 0.115. The van der Waals surface area contributed by atoms with Crippen molar-refractivity contribution in [3.05, 3.63) is 135 Å². The number of esters is 1. The lowest BCUT2D eigenvalue weighted by atomic mass is 10.1. The van der Waals surface area contributed by atoms with Crippen LogP contribution in [0.15, 0.2) is 108 Å². The van der Waals surface area contributed by atoms with Crippen molar-refractivity contribution in [1.29, 1.82) is 0 Å². The lowest BCUT2D eigenvalue weighted by Crippen LogP contribution is -2.18. The van der Waals surface area contributed by atoms with Crippen LogP contribution in [0.1, 0.15) is 36.6 Å². The highest BCUT2D eigenvalue weighted by Crippen LogP contribution is 2.18. The number of carbonyl (C=O) groups excluding carboxylic acids is 3. The molecule has 2 N–H and O–H groups in total. The largest absolute Gasteiger partial charge is 0.422 e. The van der Waals surface area contributed by atoms with E-state index in [1.54, 1.807) is 66.7 Å². The van der Waals surface area contributed by atoms with Gasteiger partial charge in [-0.25, -0.2) is 10.2 Å². The number of nitrogens with zero attached hydrogens (tertiary/aromatic N) is 2. The molecule has 0 spiro atoms. The molecule has 38 heavy (non-hydrogen) atoms. The fourth-order valence-corrected chi connectivity index (χ4v) is 3.28. The molecule has 0 aromatic heterocycles. The maximum atomic E-state index is 12.5. The Morgan fingerprint density at radius 2 is 1.34 bits per heavy atom.